The molecule has 0 aromatic heterocycles. The maximum Gasteiger partial charge on any atom is 0.238 e. The van der Waals surface area contributed by atoms with Gasteiger partial charge < -0.3 is 4.90 Å². The highest BCUT2D eigenvalue weighted by Gasteiger charge is 2.45. The lowest BCUT2D eigenvalue weighted by Gasteiger charge is -2.49. The molecular weight excluding hydrogens is 372 g/mol. The highest BCUT2D eigenvalue weighted by atomic mass is 32.2. The van der Waals surface area contributed by atoms with Gasteiger partial charge in [-0.3, -0.25) is 4.79 Å². The summed E-state index contributed by atoms with van der Waals surface area (Å²) < 4.78 is 27.5. The van der Waals surface area contributed by atoms with Crippen LogP contribution in [0.4, 0.5) is 0 Å². The standard InChI is InChI=1S/C22H26N2O3S/c1-16-7-6-8-17(11-16)14-28(26,27)23-12-20-18-9-4-5-10-19(18)22(2,3)15-24(20)21(25)13-23/h4-11,20H,12-15H2,1-3H3. The van der Waals surface area contributed by atoms with Crippen LogP contribution in [0, 0.1) is 6.92 Å². The molecule has 2 aromatic rings. The molecule has 0 saturated carbocycles. The van der Waals surface area contributed by atoms with E-state index in [0.29, 0.717) is 13.1 Å². The van der Waals surface area contributed by atoms with E-state index in [1.807, 2.05) is 54.3 Å². The minimum Gasteiger partial charge on any atom is -0.332 e. The summed E-state index contributed by atoms with van der Waals surface area (Å²) in [5.74, 6) is -0.200. The summed E-state index contributed by atoms with van der Waals surface area (Å²) in [6, 6.07) is 15.4. The van der Waals surface area contributed by atoms with Crippen LogP contribution in [0.3, 0.4) is 0 Å². The number of piperazine rings is 1. The van der Waals surface area contributed by atoms with Crippen molar-refractivity contribution < 1.29 is 13.2 Å². The first-order chi connectivity index (χ1) is 13.2. The SMILES string of the molecule is Cc1cccc(CS(=O)(=O)N2CC(=O)N3CC(C)(C)c4ccccc4C3C2)c1. The van der Waals surface area contributed by atoms with Gasteiger partial charge in [0.1, 0.15) is 0 Å². The molecule has 4 rings (SSSR count). The van der Waals surface area contributed by atoms with Crippen molar-refractivity contribution >= 4 is 15.9 Å². The van der Waals surface area contributed by atoms with E-state index in [9.17, 15) is 13.2 Å². The van der Waals surface area contributed by atoms with E-state index in [-0.39, 0.29) is 29.7 Å². The number of benzene rings is 2. The summed E-state index contributed by atoms with van der Waals surface area (Å²) in [5, 5.41) is 0. The van der Waals surface area contributed by atoms with E-state index >= 15 is 0 Å². The predicted octanol–water partition coefficient (Wildman–Crippen LogP) is 3.00. The Morgan fingerprint density at radius 2 is 1.86 bits per heavy atom. The molecule has 1 amide bonds. The van der Waals surface area contributed by atoms with Gasteiger partial charge in [-0.05, 0) is 23.6 Å². The fourth-order valence-corrected chi connectivity index (χ4v) is 5.93. The number of rotatable bonds is 3. The number of sulfonamides is 1. The van der Waals surface area contributed by atoms with Crippen LogP contribution < -0.4 is 0 Å². The largest absolute Gasteiger partial charge is 0.332 e. The minimum atomic E-state index is -3.58. The zero-order chi connectivity index (χ0) is 20.1. The molecule has 1 saturated heterocycles. The van der Waals surface area contributed by atoms with Gasteiger partial charge in [-0.15, -0.1) is 0 Å². The molecule has 1 unspecified atom stereocenters. The van der Waals surface area contributed by atoms with Crippen molar-refractivity contribution in [3.05, 3.63) is 70.8 Å². The summed E-state index contributed by atoms with van der Waals surface area (Å²) in [6.07, 6.45) is 0. The van der Waals surface area contributed by atoms with E-state index in [0.717, 1.165) is 16.7 Å². The summed E-state index contributed by atoms with van der Waals surface area (Å²) in [5.41, 5.74) is 3.88. The van der Waals surface area contributed by atoms with Crippen LogP contribution in [0.1, 0.15) is 42.1 Å². The first kappa shape index (κ1) is 19.2. The number of amides is 1. The molecule has 6 heteroatoms. The van der Waals surface area contributed by atoms with Gasteiger partial charge in [0.15, 0.2) is 0 Å². The maximum atomic E-state index is 13.1. The number of nitrogens with zero attached hydrogens (tertiary/aromatic N) is 2. The molecule has 0 bridgehead atoms. The smallest absolute Gasteiger partial charge is 0.238 e. The second-order valence-corrected chi connectivity index (χ2v) is 10.5. The monoisotopic (exact) mass is 398 g/mol. The summed E-state index contributed by atoms with van der Waals surface area (Å²) in [6.45, 7) is 7.06. The minimum absolute atomic E-state index is 0.0805. The maximum absolute atomic E-state index is 13.1. The Balaban J connectivity index is 1.66. The molecule has 0 spiro atoms. The zero-order valence-electron chi connectivity index (χ0n) is 16.6. The van der Waals surface area contributed by atoms with Gasteiger partial charge in [0, 0.05) is 18.5 Å². The van der Waals surface area contributed by atoms with E-state index in [2.05, 4.69) is 19.9 Å². The van der Waals surface area contributed by atoms with Crippen LogP contribution in [0.5, 0.6) is 0 Å². The Labute approximate surface area is 167 Å². The highest BCUT2D eigenvalue weighted by Crippen LogP contribution is 2.41. The Bertz CT molecular complexity index is 1030. The molecule has 28 heavy (non-hydrogen) atoms. The Kier molecular flexibility index (Phi) is 4.59. The van der Waals surface area contributed by atoms with Crippen LogP contribution in [-0.4, -0.2) is 43.2 Å². The molecule has 5 nitrogen and oxygen atoms in total. The lowest BCUT2D eigenvalue weighted by Crippen LogP contribution is -2.58. The quantitative estimate of drug-likeness (QED) is 0.799. The molecule has 0 aliphatic carbocycles. The molecular formula is C22H26N2O3S. The fourth-order valence-electron chi connectivity index (χ4n) is 4.47. The molecule has 2 aliphatic heterocycles. The summed E-state index contributed by atoms with van der Waals surface area (Å²) >= 11 is 0. The molecule has 2 aromatic carbocycles. The van der Waals surface area contributed by atoms with Crippen molar-refractivity contribution in [3.63, 3.8) is 0 Å². The van der Waals surface area contributed by atoms with Crippen molar-refractivity contribution in [2.75, 3.05) is 19.6 Å². The van der Waals surface area contributed by atoms with Crippen molar-refractivity contribution in [2.45, 2.75) is 38.0 Å². The summed E-state index contributed by atoms with van der Waals surface area (Å²) in [4.78, 5) is 14.8. The fraction of sp³-hybridized carbons (Fsp3) is 0.409. The Morgan fingerprint density at radius 1 is 1.11 bits per heavy atom. The number of aryl methyl sites for hydroxylation is 1. The number of fused-ring (bicyclic) bond motifs is 3. The molecule has 1 fully saturated rings. The Morgan fingerprint density at radius 3 is 2.61 bits per heavy atom. The third-order valence-electron chi connectivity index (χ3n) is 5.82. The number of hydrogen-bond acceptors (Lipinski definition) is 3. The Hall–Kier alpha value is -2.18. The van der Waals surface area contributed by atoms with Crippen molar-refractivity contribution in [1.82, 2.24) is 9.21 Å². The number of carbonyl (C=O) groups excluding carboxylic acids is 1. The summed E-state index contributed by atoms with van der Waals surface area (Å²) in [7, 11) is -3.58. The van der Waals surface area contributed by atoms with Crippen LogP contribution in [-0.2, 0) is 26.0 Å². The zero-order valence-corrected chi connectivity index (χ0v) is 17.4. The lowest BCUT2D eigenvalue weighted by atomic mass is 9.75. The van der Waals surface area contributed by atoms with Gasteiger partial charge in [0.25, 0.3) is 0 Å². The van der Waals surface area contributed by atoms with E-state index in [1.165, 1.54) is 9.87 Å². The van der Waals surface area contributed by atoms with E-state index in [1.54, 1.807) is 0 Å². The van der Waals surface area contributed by atoms with Gasteiger partial charge in [-0.25, -0.2) is 8.42 Å². The first-order valence-corrected chi connectivity index (χ1v) is 11.2. The van der Waals surface area contributed by atoms with Crippen LogP contribution in [0.25, 0.3) is 0 Å². The van der Waals surface area contributed by atoms with Gasteiger partial charge in [0.2, 0.25) is 15.9 Å². The third kappa shape index (κ3) is 3.35. The third-order valence-corrected chi connectivity index (χ3v) is 7.59. The van der Waals surface area contributed by atoms with Crippen molar-refractivity contribution in [2.24, 2.45) is 0 Å². The second-order valence-electron chi connectivity index (χ2n) is 8.55. The topological polar surface area (TPSA) is 57.7 Å². The lowest BCUT2D eigenvalue weighted by molar-refractivity contribution is -0.139. The predicted molar refractivity (Wildman–Crippen MR) is 109 cm³/mol. The average molecular weight is 399 g/mol. The molecule has 1 atom stereocenters. The second kappa shape index (κ2) is 6.71. The molecule has 0 N–H and O–H groups in total. The number of hydrogen-bond donors (Lipinski definition) is 0. The first-order valence-electron chi connectivity index (χ1n) is 9.60. The molecule has 0 radical (unpaired) electrons. The van der Waals surface area contributed by atoms with Gasteiger partial charge >= 0.3 is 0 Å². The van der Waals surface area contributed by atoms with Crippen molar-refractivity contribution in [1.29, 1.82) is 0 Å². The highest BCUT2D eigenvalue weighted by molar-refractivity contribution is 7.88. The molecule has 2 aliphatic rings. The normalized spacial score (nSPS) is 21.9. The average Bonchev–Trinajstić information content (AvgIpc) is 2.62. The van der Waals surface area contributed by atoms with Crippen LogP contribution in [0.2, 0.25) is 0 Å². The van der Waals surface area contributed by atoms with Gasteiger partial charge in [0.05, 0.1) is 18.3 Å². The van der Waals surface area contributed by atoms with Crippen LogP contribution in [0.15, 0.2) is 48.5 Å². The molecule has 148 valence electrons. The van der Waals surface area contributed by atoms with Gasteiger partial charge in [-0.1, -0.05) is 67.9 Å². The van der Waals surface area contributed by atoms with Crippen molar-refractivity contribution in [3.8, 4) is 0 Å². The van der Waals surface area contributed by atoms with Crippen LogP contribution >= 0.6 is 0 Å². The van der Waals surface area contributed by atoms with Gasteiger partial charge in [-0.2, -0.15) is 4.31 Å². The van der Waals surface area contributed by atoms with E-state index < -0.39 is 10.0 Å². The number of carbonyl (C=O) groups is 1. The van der Waals surface area contributed by atoms with E-state index in [4.69, 9.17) is 0 Å². The molecule has 2 heterocycles.